The number of aliphatic hydroxyl groups is 1. The molecule has 0 saturated carbocycles. The second-order valence-corrected chi connectivity index (χ2v) is 7.25. The fourth-order valence-electron chi connectivity index (χ4n) is 3.25. The van der Waals surface area contributed by atoms with Gasteiger partial charge in [0.15, 0.2) is 0 Å². The molecule has 0 spiro atoms. The van der Waals surface area contributed by atoms with Gasteiger partial charge in [-0.15, -0.1) is 0 Å². The Labute approximate surface area is 148 Å². The van der Waals surface area contributed by atoms with Gasteiger partial charge >= 0.3 is 0 Å². The van der Waals surface area contributed by atoms with E-state index >= 15 is 0 Å². The van der Waals surface area contributed by atoms with Crippen molar-refractivity contribution in [1.82, 2.24) is 5.43 Å². The van der Waals surface area contributed by atoms with Crippen LogP contribution >= 0.6 is 0 Å². The summed E-state index contributed by atoms with van der Waals surface area (Å²) < 4.78 is 0. The van der Waals surface area contributed by atoms with E-state index in [1.807, 2.05) is 0 Å². The Bertz CT molecular complexity index is 356. The molecule has 0 aromatic heterocycles. The number of hydrogen-bond donors (Lipinski definition) is 2. The lowest BCUT2D eigenvalue weighted by Gasteiger charge is -2.15. The van der Waals surface area contributed by atoms with Crippen molar-refractivity contribution >= 4 is 11.6 Å². The minimum Gasteiger partial charge on any atom is -0.393 e. The van der Waals surface area contributed by atoms with Gasteiger partial charge in [-0.05, 0) is 12.8 Å². The summed E-state index contributed by atoms with van der Waals surface area (Å²) in [5, 5.41) is 14.1. The average Bonchev–Trinajstić information content (AvgIpc) is 2.58. The van der Waals surface area contributed by atoms with Crippen LogP contribution in [-0.2, 0) is 4.79 Å². The normalized spacial score (nSPS) is 15.9. The van der Waals surface area contributed by atoms with Gasteiger partial charge in [-0.1, -0.05) is 84.0 Å². The average molecular weight is 339 g/mol. The Morgan fingerprint density at radius 2 is 1.46 bits per heavy atom. The molecule has 4 nitrogen and oxygen atoms in total. The van der Waals surface area contributed by atoms with Crippen molar-refractivity contribution in [3.05, 3.63) is 0 Å². The van der Waals surface area contributed by atoms with Crippen LogP contribution in [-0.4, -0.2) is 22.8 Å². The second kappa shape index (κ2) is 14.4. The van der Waals surface area contributed by atoms with Crippen molar-refractivity contribution in [2.24, 2.45) is 5.10 Å². The molecule has 4 heteroatoms. The summed E-state index contributed by atoms with van der Waals surface area (Å²) in [5.41, 5.74) is 3.42. The van der Waals surface area contributed by atoms with Crippen LogP contribution in [0.2, 0.25) is 0 Å². The summed E-state index contributed by atoms with van der Waals surface area (Å²) in [6.45, 7) is 2.27. The zero-order valence-electron chi connectivity index (χ0n) is 15.7. The molecular formula is C20H38N2O2. The lowest BCUT2D eigenvalue weighted by molar-refractivity contribution is -0.121. The molecule has 1 rings (SSSR count). The highest BCUT2D eigenvalue weighted by molar-refractivity contribution is 5.92. The standard InChI is InChI=1S/C20H38N2O2/c1-2-3-4-5-6-7-8-9-10-11-12-13-14-19(23)17-18-15-16-20(24)22-21-18/h19,23H,2-17H2,1H3,(H,22,24). The van der Waals surface area contributed by atoms with Gasteiger partial charge < -0.3 is 5.11 Å². The molecule has 140 valence electrons. The van der Waals surface area contributed by atoms with E-state index in [4.69, 9.17) is 0 Å². The Balaban J connectivity index is 1.83. The van der Waals surface area contributed by atoms with Gasteiger partial charge in [0.25, 0.3) is 0 Å². The first-order valence-corrected chi connectivity index (χ1v) is 10.2. The first-order chi connectivity index (χ1) is 11.7. The molecule has 0 fully saturated rings. The van der Waals surface area contributed by atoms with Crippen molar-refractivity contribution in [3.63, 3.8) is 0 Å². The maximum atomic E-state index is 11.0. The van der Waals surface area contributed by atoms with Crippen LogP contribution in [0.3, 0.4) is 0 Å². The molecule has 1 atom stereocenters. The zero-order valence-corrected chi connectivity index (χ0v) is 15.7. The number of rotatable bonds is 15. The third kappa shape index (κ3) is 11.6. The topological polar surface area (TPSA) is 61.7 Å². The van der Waals surface area contributed by atoms with E-state index in [2.05, 4.69) is 17.5 Å². The predicted molar refractivity (Wildman–Crippen MR) is 101 cm³/mol. The van der Waals surface area contributed by atoms with Gasteiger partial charge in [-0.3, -0.25) is 4.79 Å². The number of nitrogens with one attached hydrogen (secondary N) is 1. The van der Waals surface area contributed by atoms with E-state index < -0.39 is 0 Å². The second-order valence-electron chi connectivity index (χ2n) is 7.25. The molecular weight excluding hydrogens is 300 g/mol. The minimum absolute atomic E-state index is 0.0193. The van der Waals surface area contributed by atoms with Crippen LogP contribution in [0, 0.1) is 0 Å². The van der Waals surface area contributed by atoms with Crippen LogP contribution < -0.4 is 5.43 Å². The van der Waals surface area contributed by atoms with Gasteiger partial charge in [0.2, 0.25) is 5.91 Å². The van der Waals surface area contributed by atoms with Crippen molar-refractivity contribution < 1.29 is 9.90 Å². The molecule has 1 aliphatic rings. The molecule has 24 heavy (non-hydrogen) atoms. The van der Waals surface area contributed by atoms with E-state index in [0.29, 0.717) is 19.3 Å². The number of carbonyl (C=O) groups is 1. The lowest BCUT2D eigenvalue weighted by Crippen LogP contribution is -2.27. The summed E-state index contributed by atoms with van der Waals surface area (Å²) in [6.07, 6.45) is 18.4. The molecule has 1 amide bonds. The fourth-order valence-corrected chi connectivity index (χ4v) is 3.25. The van der Waals surface area contributed by atoms with E-state index in [9.17, 15) is 9.90 Å². The van der Waals surface area contributed by atoms with Crippen LogP contribution in [0.4, 0.5) is 0 Å². The monoisotopic (exact) mass is 338 g/mol. The number of carbonyl (C=O) groups excluding carboxylic acids is 1. The number of hydrazone groups is 1. The summed E-state index contributed by atoms with van der Waals surface area (Å²) >= 11 is 0. The maximum Gasteiger partial charge on any atom is 0.240 e. The summed E-state index contributed by atoms with van der Waals surface area (Å²) in [6, 6.07) is 0. The van der Waals surface area contributed by atoms with Gasteiger partial charge in [0.1, 0.15) is 0 Å². The molecule has 0 saturated heterocycles. The summed E-state index contributed by atoms with van der Waals surface area (Å²) in [7, 11) is 0. The van der Waals surface area contributed by atoms with Gasteiger partial charge in [-0.25, -0.2) is 5.43 Å². The Kier molecular flexibility index (Phi) is 12.7. The van der Waals surface area contributed by atoms with E-state index in [1.54, 1.807) is 0 Å². The van der Waals surface area contributed by atoms with Gasteiger partial charge in [0, 0.05) is 18.6 Å². The number of amides is 1. The largest absolute Gasteiger partial charge is 0.393 e. The third-order valence-electron chi connectivity index (χ3n) is 4.84. The lowest BCUT2D eigenvalue weighted by atomic mass is 10.0. The highest BCUT2D eigenvalue weighted by Crippen LogP contribution is 2.14. The molecule has 0 bridgehead atoms. The number of aliphatic hydroxyl groups excluding tert-OH is 1. The summed E-state index contributed by atoms with van der Waals surface area (Å²) in [4.78, 5) is 11.0. The highest BCUT2D eigenvalue weighted by Gasteiger charge is 2.14. The third-order valence-corrected chi connectivity index (χ3v) is 4.84. The van der Waals surface area contributed by atoms with E-state index in [1.165, 1.54) is 70.6 Å². The quantitative estimate of drug-likeness (QED) is 0.408. The minimum atomic E-state index is -0.304. The van der Waals surface area contributed by atoms with Crippen molar-refractivity contribution in [3.8, 4) is 0 Å². The SMILES string of the molecule is CCCCCCCCCCCCCCC(O)CC1=NNC(=O)CC1. The Morgan fingerprint density at radius 3 is 1.96 bits per heavy atom. The van der Waals surface area contributed by atoms with Crippen molar-refractivity contribution in [2.75, 3.05) is 0 Å². The van der Waals surface area contributed by atoms with Crippen LogP contribution in [0.5, 0.6) is 0 Å². The number of nitrogens with zero attached hydrogens (tertiary/aromatic N) is 1. The Morgan fingerprint density at radius 1 is 0.917 bits per heavy atom. The molecule has 2 N–H and O–H groups in total. The van der Waals surface area contributed by atoms with E-state index in [0.717, 1.165) is 18.6 Å². The predicted octanol–water partition coefficient (Wildman–Crippen LogP) is 5.09. The summed E-state index contributed by atoms with van der Waals surface area (Å²) in [5.74, 6) is -0.0193. The number of hydrogen-bond acceptors (Lipinski definition) is 3. The van der Waals surface area contributed by atoms with Crippen LogP contribution in [0.15, 0.2) is 5.10 Å². The van der Waals surface area contributed by atoms with Crippen molar-refractivity contribution in [1.29, 1.82) is 0 Å². The van der Waals surface area contributed by atoms with Crippen LogP contribution in [0.25, 0.3) is 0 Å². The number of unbranched alkanes of at least 4 members (excludes halogenated alkanes) is 11. The first-order valence-electron chi connectivity index (χ1n) is 10.2. The molecule has 1 unspecified atom stereocenters. The molecule has 0 aromatic carbocycles. The molecule has 1 aliphatic heterocycles. The highest BCUT2D eigenvalue weighted by atomic mass is 16.3. The zero-order chi connectivity index (χ0) is 17.5. The molecule has 0 aliphatic carbocycles. The van der Waals surface area contributed by atoms with Gasteiger partial charge in [0.05, 0.1) is 6.10 Å². The van der Waals surface area contributed by atoms with Gasteiger partial charge in [-0.2, -0.15) is 5.10 Å². The Hall–Kier alpha value is -0.900. The molecule has 0 radical (unpaired) electrons. The fraction of sp³-hybridized carbons (Fsp3) is 0.900. The smallest absolute Gasteiger partial charge is 0.240 e. The van der Waals surface area contributed by atoms with Crippen molar-refractivity contribution in [2.45, 2.75) is 116 Å². The molecule has 0 aromatic rings. The maximum absolute atomic E-state index is 11.0. The van der Waals surface area contributed by atoms with Crippen LogP contribution in [0.1, 0.15) is 110 Å². The van der Waals surface area contributed by atoms with E-state index in [-0.39, 0.29) is 12.0 Å². The first kappa shape index (κ1) is 21.1. The molecule has 1 heterocycles.